The number of carbonyl (C=O) groups is 8. The second-order valence-corrected chi connectivity index (χ2v) is 27.9. The zero-order valence-corrected chi connectivity index (χ0v) is 56.0. The van der Waals surface area contributed by atoms with Gasteiger partial charge in [-0.25, -0.2) is 0 Å². The molecule has 95 heavy (non-hydrogen) atoms. The van der Waals surface area contributed by atoms with Crippen LogP contribution in [0.4, 0.5) is 0 Å². The fourth-order valence-corrected chi connectivity index (χ4v) is 17.2. The summed E-state index contributed by atoms with van der Waals surface area (Å²) >= 11 is 0. The Labute approximate surface area is 556 Å². The molecule has 0 spiro atoms. The van der Waals surface area contributed by atoms with E-state index in [1.807, 2.05) is 97.1 Å². The Morgan fingerprint density at radius 1 is 0.221 bits per heavy atom. The Morgan fingerprint density at radius 2 is 0.411 bits per heavy atom. The first-order valence-electron chi connectivity index (χ1n) is 36.3. The zero-order valence-electron chi connectivity index (χ0n) is 56.0. The van der Waals surface area contributed by atoms with Crippen molar-refractivity contribution in [3.8, 4) is 0 Å². The predicted octanol–water partition coefficient (Wildman–Crippen LogP) is 20.2. The fourth-order valence-electron chi connectivity index (χ4n) is 17.2. The van der Waals surface area contributed by atoms with Gasteiger partial charge in [0.25, 0.3) is 47.3 Å². The van der Waals surface area contributed by atoms with Crippen molar-refractivity contribution >= 4 is 133 Å². The standard InChI is InChI=1S/C83H88N4O8/c1-5-9-13-22-28-50(29-23-14-10-6-2)86-80(92)64-44-36-56-52-32-40-60-72-61(41-33-53(68(52)72)57-37-45-65(81(86)93)74(64)70(56)57)77(89)84(76(60)88)48-26-20-18-17-19-21-27-49-85-78(90)62-42-34-54-58-38-46-66-75-67(47-39-59(71(58)75)55-35-43-63(79(85)91)73(62)69(54)55)83(95)87(82(66)94)51(30-24-15-11-7-3)31-25-16-12-8-4/h32-47,50-51H,5-31,48-49H2,1-4H3. The van der Waals surface area contributed by atoms with E-state index in [1.54, 1.807) is 9.80 Å². The maximum Gasteiger partial charge on any atom is 0.261 e. The molecule has 0 atom stereocenters. The molecular weight excluding hydrogens is 1180 g/mol. The SMILES string of the molecule is CCCCCCC(CCCCCC)N1C(=O)c2ccc3c4ccc5c6c(ccc(c7ccc(c2c37)C1=O)c64)C(=O)N(CCCCCCCCCN1C(=O)c2ccc3c4ccc6c7c(ccc(c8ccc(c2c38)C1=O)c74)C(=O)N(C(CCCCCC)CCCCCC)C6=O)C5=O. The normalized spacial score (nSPS) is 15.0. The van der Waals surface area contributed by atoms with Crippen LogP contribution in [0.1, 0.15) is 284 Å². The first-order chi connectivity index (χ1) is 46.4. The van der Waals surface area contributed by atoms with Gasteiger partial charge in [0.1, 0.15) is 0 Å². The number of unbranched alkanes of at least 4 members (excludes halogenated alkanes) is 18. The third-order valence-electron chi connectivity index (χ3n) is 22.1. The van der Waals surface area contributed by atoms with Crippen LogP contribution in [-0.2, 0) is 0 Å². The van der Waals surface area contributed by atoms with Gasteiger partial charge in [-0.3, -0.25) is 58.0 Å². The summed E-state index contributed by atoms with van der Waals surface area (Å²) in [5, 5.41) is 13.1. The summed E-state index contributed by atoms with van der Waals surface area (Å²) in [6.07, 6.45) is 26.2. The molecule has 12 heteroatoms. The number of imide groups is 4. The number of hydrogen-bond acceptors (Lipinski definition) is 8. The minimum absolute atomic E-state index is 0.154. The van der Waals surface area contributed by atoms with Crippen molar-refractivity contribution in [2.75, 3.05) is 13.1 Å². The van der Waals surface area contributed by atoms with Crippen molar-refractivity contribution in [1.82, 2.24) is 19.6 Å². The molecular formula is C83H88N4O8. The van der Waals surface area contributed by atoms with E-state index in [1.165, 1.54) is 9.80 Å². The number of fused-ring (bicyclic) bond motifs is 4. The lowest BCUT2D eigenvalue weighted by Crippen LogP contribution is -2.47. The smallest absolute Gasteiger partial charge is 0.261 e. The Balaban J connectivity index is 0.611. The molecule has 4 heterocycles. The maximum absolute atomic E-state index is 14.7. The summed E-state index contributed by atoms with van der Waals surface area (Å²) in [7, 11) is 0. The Bertz CT molecular complexity index is 4210. The van der Waals surface area contributed by atoms with E-state index in [4.69, 9.17) is 0 Å². The number of carbonyl (C=O) groups excluding carboxylic acids is 8. The van der Waals surface area contributed by atoms with Gasteiger partial charge < -0.3 is 0 Å². The van der Waals surface area contributed by atoms with E-state index in [0.717, 1.165) is 225 Å². The predicted molar refractivity (Wildman–Crippen MR) is 382 cm³/mol. The molecule has 0 saturated heterocycles. The second kappa shape index (κ2) is 26.9. The molecule has 4 aliphatic rings. The van der Waals surface area contributed by atoms with E-state index < -0.39 is 0 Å². The first kappa shape index (κ1) is 63.7. The molecule has 488 valence electrons. The first-order valence-corrected chi connectivity index (χ1v) is 36.3. The van der Waals surface area contributed by atoms with Crippen LogP contribution >= 0.6 is 0 Å². The Hall–Kier alpha value is -8.64. The molecule has 10 aromatic carbocycles. The highest BCUT2D eigenvalue weighted by Gasteiger charge is 2.42. The van der Waals surface area contributed by atoms with Crippen LogP contribution in [0.25, 0.3) is 86.2 Å². The number of rotatable bonds is 32. The van der Waals surface area contributed by atoms with Crippen LogP contribution in [0.15, 0.2) is 97.1 Å². The summed E-state index contributed by atoms with van der Waals surface area (Å²) in [6.45, 7) is 9.37. The monoisotopic (exact) mass is 1270 g/mol. The molecule has 0 unspecified atom stereocenters. The summed E-state index contributed by atoms with van der Waals surface area (Å²) in [5.41, 5.74) is 4.18. The Morgan fingerprint density at radius 3 is 0.621 bits per heavy atom. The Kier molecular flexibility index (Phi) is 18.0. The lowest BCUT2D eigenvalue weighted by Gasteiger charge is -2.35. The molecule has 0 fully saturated rings. The highest BCUT2D eigenvalue weighted by molar-refractivity contribution is 6.43. The van der Waals surface area contributed by atoms with Gasteiger partial charge in [0.15, 0.2) is 0 Å². The van der Waals surface area contributed by atoms with Gasteiger partial charge in [-0.2, -0.15) is 0 Å². The molecule has 0 N–H and O–H groups in total. The van der Waals surface area contributed by atoms with E-state index >= 15 is 0 Å². The third-order valence-corrected chi connectivity index (χ3v) is 22.1. The van der Waals surface area contributed by atoms with Crippen molar-refractivity contribution in [1.29, 1.82) is 0 Å². The van der Waals surface area contributed by atoms with Crippen LogP contribution < -0.4 is 0 Å². The average Bonchev–Trinajstić information content (AvgIpc) is 0.698. The van der Waals surface area contributed by atoms with Crippen LogP contribution in [0.5, 0.6) is 0 Å². The fraction of sp³-hybridized carbons (Fsp3) is 0.422. The van der Waals surface area contributed by atoms with Gasteiger partial charge in [0.05, 0.1) is 0 Å². The van der Waals surface area contributed by atoms with Crippen LogP contribution in [0, 0.1) is 0 Å². The molecule has 0 bridgehead atoms. The molecule has 12 nitrogen and oxygen atoms in total. The minimum Gasteiger partial charge on any atom is -0.274 e. The molecule has 0 aliphatic carbocycles. The van der Waals surface area contributed by atoms with Crippen LogP contribution in [0.2, 0.25) is 0 Å². The topological polar surface area (TPSA) is 150 Å². The van der Waals surface area contributed by atoms with Gasteiger partial charge in [0, 0.05) is 91.2 Å². The van der Waals surface area contributed by atoms with Crippen molar-refractivity contribution in [2.24, 2.45) is 0 Å². The second-order valence-electron chi connectivity index (χ2n) is 27.9. The molecule has 10 aromatic rings. The molecule has 0 aromatic heterocycles. The van der Waals surface area contributed by atoms with Gasteiger partial charge in [0.2, 0.25) is 0 Å². The van der Waals surface area contributed by atoms with Crippen LogP contribution in [-0.4, -0.2) is 92.0 Å². The molecule has 8 amide bonds. The van der Waals surface area contributed by atoms with Crippen LogP contribution in [0.3, 0.4) is 0 Å². The van der Waals surface area contributed by atoms with Gasteiger partial charge in [-0.05, 0) is 152 Å². The summed E-state index contributed by atoms with van der Waals surface area (Å²) in [5.74, 6) is -2.11. The van der Waals surface area contributed by atoms with Crippen molar-refractivity contribution in [3.63, 3.8) is 0 Å². The van der Waals surface area contributed by atoms with E-state index in [-0.39, 0.29) is 59.3 Å². The van der Waals surface area contributed by atoms with E-state index in [0.29, 0.717) is 92.0 Å². The lowest BCUT2D eigenvalue weighted by molar-refractivity contribution is 0.0501. The number of hydrogen-bond donors (Lipinski definition) is 0. The maximum atomic E-state index is 14.7. The molecule has 4 aliphatic heterocycles. The largest absolute Gasteiger partial charge is 0.274 e. The summed E-state index contributed by atoms with van der Waals surface area (Å²) in [6, 6.07) is 30.5. The van der Waals surface area contributed by atoms with Crippen molar-refractivity contribution in [2.45, 2.75) is 213 Å². The van der Waals surface area contributed by atoms with E-state index in [2.05, 4.69) is 27.7 Å². The molecule has 14 rings (SSSR count). The third kappa shape index (κ3) is 10.7. The summed E-state index contributed by atoms with van der Waals surface area (Å²) < 4.78 is 0. The van der Waals surface area contributed by atoms with Crippen molar-refractivity contribution in [3.05, 3.63) is 142 Å². The quantitative estimate of drug-likeness (QED) is 0.0175. The summed E-state index contributed by atoms with van der Waals surface area (Å²) in [4.78, 5) is 122. The van der Waals surface area contributed by atoms with E-state index in [9.17, 15) is 38.4 Å². The van der Waals surface area contributed by atoms with Gasteiger partial charge in [-0.1, -0.05) is 211 Å². The van der Waals surface area contributed by atoms with Gasteiger partial charge >= 0.3 is 0 Å². The minimum atomic E-state index is -0.304. The highest BCUT2D eigenvalue weighted by atomic mass is 16.2. The van der Waals surface area contributed by atoms with Crippen molar-refractivity contribution < 1.29 is 38.4 Å². The zero-order chi connectivity index (χ0) is 65.8. The number of benzene rings is 10. The highest BCUT2D eigenvalue weighted by Crippen LogP contribution is 2.49. The molecule has 0 radical (unpaired) electrons. The average molecular weight is 1270 g/mol. The van der Waals surface area contributed by atoms with Gasteiger partial charge in [-0.15, -0.1) is 0 Å². The number of amides is 8. The molecule has 0 saturated carbocycles. The number of nitrogens with zero attached hydrogens (tertiary/aromatic N) is 4. The lowest BCUT2D eigenvalue weighted by atomic mass is 9.82.